The second-order valence-electron chi connectivity index (χ2n) is 7.43. The summed E-state index contributed by atoms with van der Waals surface area (Å²) in [6.07, 6.45) is 5.15. The fourth-order valence-corrected chi connectivity index (χ4v) is 2.26. The van der Waals surface area contributed by atoms with Gasteiger partial charge in [-0.25, -0.2) is 4.39 Å². The van der Waals surface area contributed by atoms with Gasteiger partial charge in [0.15, 0.2) is 5.78 Å². The molecule has 0 aliphatic carbocycles. The predicted octanol–water partition coefficient (Wildman–Crippen LogP) is 7.51. The number of allylic oxidation sites excluding steroid dienone is 2. The topological polar surface area (TPSA) is 34.1 Å². The van der Waals surface area contributed by atoms with Crippen molar-refractivity contribution in [2.45, 2.75) is 74.1 Å². The lowest BCUT2D eigenvalue weighted by molar-refractivity contribution is -0.119. The lowest BCUT2D eigenvalue weighted by Gasteiger charge is -2.09. The van der Waals surface area contributed by atoms with Gasteiger partial charge < -0.3 is 0 Å². The zero-order chi connectivity index (χ0) is 22.3. The quantitative estimate of drug-likeness (QED) is 0.340. The highest BCUT2D eigenvalue weighted by Crippen LogP contribution is 2.17. The van der Waals surface area contributed by atoms with Crippen LogP contribution in [0.3, 0.4) is 0 Å². The molecule has 1 aromatic rings. The zero-order valence-electron chi connectivity index (χ0n) is 18.9. The third-order valence-corrected chi connectivity index (χ3v) is 4.22. The molecule has 0 fully saturated rings. The van der Waals surface area contributed by atoms with E-state index in [1.165, 1.54) is 11.6 Å². The van der Waals surface area contributed by atoms with E-state index in [4.69, 9.17) is 0 Å². The molecular formula is C25H39FO2. The highest BCUT2D eigenvalue weighted by atomic mass is 19.1. The Kier molecular flexibility index (Phi) is 16.1. The van der Waals surface area contributed by atoms with E-state index >= 15 is 0 Å². The number of benzene rings is 1. The van der Waals surface area contributed by atoms with Crippen molar-refractivity contribution in [2.24, 2.45) is 11.8 Å². The summed E-state index contributed by atoms with van der Waals surface area (Å²) >= 11 is 0. The Hall–Kier alpha value is -2.03. The summed E-state index contributed by atoms with van der Waals surface area (Å²) in [5.41, 5.74) is 2.12. The van der Waals surface area contributed by atoms with Crippen molar-refractivity contribution in [3.8, 4) is 0 Å². The molecule has 1 unspecified atom stereocenters. The molecule has 0 heterocycles. The molecule has 0 aromatic heterocycles. The first-order valence-corrected chi connectivity index (χ1v) is 10.1. The smallest absolute Gasteiger partial charge is 0.168 e. The second-order valence-corrected chi connectivity index (χ2v) is 7.43. The molecule has 28 heavy (non-hydrogen) atoms. The Morgan fingerprint density at radius 1 is 1.18 bits per heavy atom. The average molecular weight is 391 g/mol. The van der Waals surface area contributed by atoms with Crippen molar-refractivity contribution in [1.82, 2.24) is 0 Å². The van der Waals surface area contributed by atoms with E-state index in [-0.39, 0.29) is 17.3 Å². The van der Waals surface area contributed by atoms with Gasteiger partial charge in [0, 0.05) is 18.8 Å². The summed E-state index contributed by atoms with van der Waals surface area (Å²) in [7, 11) is 0. The van der Waals surface area contributed by atoms with Crippen molar-refractivity contribution in [3.05, 3.63) is 60.0 Å². The molecule has 0 bridgehead atoms. The molecule has 1 aromatic carbocycles. The molecule has 0 saturated heterocycles. The number of carbonyl (C=O) groups is 2. The number of ketones is 2. The van der Waals surface area contributed by atoms with Crippen LogP contribution in [-0.4, -0.2) is 11.6 Å². The Morgan fingerprint density at radius 3 is 2.11 bits per heavy atom. The van der Waals surface area contributed by atoms with Gasteiger partial charge in [0.05, 0.1) is 5.56 Å². The van der Waals surface area contributed by atoms with Crippen molar-refractivity contribution < 1.29 is 14.0 Å². The first-order valence-electron chi connectivity index (χ1n) is 10.1. The van der Waals surface area contributed by atoms with E-state index in [2.05, 4.69) is 20.1 Å². The molecule has 2 nitrogen and oxygen atoms in total. The van der Waals surface area contributed by atoms with E-state index in [1.54, 1.807) is 39.0 Å². The summed E-state index contributed by atoms with van der Waals surface area (Å²) < 4.78 is 13.2. The van der Waals surface area contributed by atoms with Crippen LogP contribution in [0, 0.1) is 24.6 Å². The Labute approximate surface area is 171 Å². The van der Waals surface area contributed by atoms with Crippen LogP contribution in [0.25, 0.3) is 0 Å². The van der Waals surface area contributed by atoms with Crippen molar-refractivity contribution in [3.63, 3.8) is 0 Å². The van der Waals surface area contributed by atoms with Crippen LogP contribution in [0.15, 0.2) is 43.0 Å². The molecule has 0 radical (unpaired) electrons. The van der Waals surface area contributed by atoms with Gasteiger partial charge in [0.1, 0.15) is 11.6 Å². The molecule has 1 atom stereocenters. The Morgan fingerprint density at radius 2 is 1.71 bits per heavy atom. The van der Waals surface area contributed by atoms with Crippen molar-refractivity contribution in [1.29, 1.82) is 0 Å². The molecular weight excluding hydrogens is 351 g/mol. The van der Waals surface area contributed by atoms with Gasteiger partial charge in [0.25, 0.3) is 0 Å². The zero-order valence-corrected chi connectivity index (χ0v) is 18.9. The van der Waals surface area contributed by atoms with Gasteiger partial charge in [-0.3, -0.25) is 9.59 Å². The summed E-state index contributed by atoms with van der Waals surface area (Å²) in [4.78, 5) is 22.7. The normalized spacial score (nSPS) is 10.8. The summed E-state index contributed by atoms with van der Waals surface area (Å²) in [5.74, 6) is 0.182. The average Bonchev–Trinajstić information content (AvgIpc) is 2.60. The number of rotatable bonds is 8. The van der Waals surface area contributed by atoms with Gasteiger partial charge in [-0.05, 0) is 51.2 Å². The Balaban J connectivity index is 0. The predicted molar refractivity (Wildman–Crippen MR) is 119 cm³/mol. The molecule has 0 N–H and O–H groups in total. The van der Waals surface area contributed by atoms with E-state index in [0.717, 1.165) is 25.7 Å². The van der Waals surface area contributed by atoms with Gasteiger partial charge in [-0.2, -0.15) is 0 Å². The summed E-state index contributed by atoms with van der Waals surface area (Å²) in [5, 5.41) is 0. The lowest BCUT2D eigenvalue weighted by Crippen LogP contribution is -2.11. The summed E-state index contributed by atoms with van der Waals surface area (Å²) in [6, 6.07) is 4.68. The maximum Gasteiger partial charge on any atom is 0.168 e. The van der Waals surface area contributed by atoms with E-state index in [1.807, 2.05) is 20.8 Å². The highest BCUT2D eigenvalue weighted by Gasteiger charge is 2.16. The lowest BCUT2D eigenvalue weighted by atomic mass is 9.96. The van der Waals surface area contributed by atoms with E-state index in [9.17, 15) is 14.0 Å². The number of Topliss-reactive ketones (excluding diaryl/α,β-unsaturated/α-hetero) is 2. The Bertz CT molecular complexity index is 609. The molecule has 3 heteroatoms. The minimum atomic E-state index is -0.418. The third-order valence-electron chi connectivity index (χ3n) is 4.22. The van der Waals surface area contributed by atoms with Crippen LogP contribution in [0.2, 0.25) is 0 Å². The monoisotopic (exact) mass is 390 g/mol. The fraction of sp³-hybridized carbons (Fsp3) is 0.520. The highest BCUT2D eigenvalue weighted by molar-refractivity contribution is 5.98. The van der Waals surface area contributed by atoms with Crippen LogP contribution < -0.4 is 0 Å². The van der Waals surface area contributed by atoms with Crippen molar-refractivity contribution in [2.75, 3.05) is 0 Å². The van der Waals surface area contributed by atoms with Gasteiger partial charge in [-0.1, -0.05) is 58.1 Å². The third kappa shape index (κ3) is 12.4. The standard InChI is InChI=1S/C11H13FO.C11H20O.C3H6/c1-7(2)11(13)10-8(3)5-4-6-9(10)12;1-5-6-11(12)8-7-10(4)9(2)3;1-3-2/h4-7H,1-3H3;10H,2,5-8H2,1,3-4H3;3H,1H2,2H3. The van der Waals surface area contributed by atoms with Crippen LogP contribution in [0.4, 0.5) is 4.39 Å². The van der Waals surface area contributed by atoms with Crippen LogP contribution in [0.1, 0.15) is 83.1 Å². The first kappa shape index (κ1) is 28.2. The minimum Gasteiger partial charge on any atom is -0.300 e. The SMILES string of the molecule is C=C(C)C(C)CCC(=O)CCC.C=CC.Cc1cccc(F)c1C(=O)C(C)C. The summed E-state index contributed by atoms with van der Waals surface area (Å²) in [6.45, 7) is 20.6. The van der Waals surface area contributed by atoms with Gasteiger partial charge >= 0.3 is 0 Å². The maximum absolute atomic E-state index is 13.2. The van der Waals surface area contributed by atoms with Crippen molar-refractivity contribution >= 4 is 11.6 Å². The maximum atomic E-state index is 13.2. The molecule has 0 amide bonds. The second kappa shape index (κ2) is 16.0. The number of carbonyl (C=O) groups excluding carboxylic acids is 2. The van der Waals surface area contributed by atoms with Gasteiger partial charge in [0.2, 0.25) is 0 Å². The van der Waals surface area contributed by atoms with Crippen LogP contribution in [-0.2, 0) is 4.79 Å². The molecule has 0 aliphatic heterocycles. The molecule has 0 aliphatic rings. The minimum absolute atomic E-state index is 0.129. The number of aryl methyl sites for hydroxylation is 1. The number of hydrogen-bond acceptors (Lipinski definition) is 2. The number of hydrogen-bond donors (Lipinski definition) is 0. The molecule has 158 valence electrons. The number of halogens is 1. The molecule has 0 saturated carbocycles. The first-order chi connectivity index (χ1) is 13.0. The van der Waals surface area contributed by atoms with E-state index < -0.39 is 5.82 Å². The van der Waals surface area contributed by atoms with E-state index in [0.29, 0.717) is 17.3 Å². The van der Waals surface area contributed by atoms with Gasteiger partial charge in [-0.15, -0.1) is 6.58 Å². The van der Waals surface area contributed by atoms with Crippen LogP contribution in [0.5, 0.6) is 0 Å². The largest absolute Gasteiger partial charge is 0.300 e. The molecule has 1 rings (SSSR count). The molecule has 0 spiro atoms. The van der Waals surface area contributed by atoms with Crippen LogP contribution >= 0.6 is 0 Å². The fourth-order valence-electron chi connectivity index (χ4n) is 2.26.